The molecular weight excluding hydrogens is 322 g/mol. The van der Waals surface area contributed by atoms with Gasteiger partial charge in [-0.25, -0.2) is 0 Å². The molecule has 3 heteroatoms. The van der Waals surface area contributed by atoms with Gasteiger partial charge in [-0.3, -0.25) is 4.79 Å². The summed E-state index contributed by atoms with van der Waals surface area (Å²) in [6.07, 6.45) is 3.61. The Morgan fingerprint density at radius 3 is 2.15 bits per heavy atom. The van der Waals surface area contributed by atoms with Crippen molar-refractivity contribution in [1.82, 2.24) is 4.90 Å². The van der Waals surface area contributed by atoms with Gasteiger partial charge in [-0.05, 0) is 48.3 Å². The van der Waals surface area contributed by atoms with Gasteiger partial charge in [-0.1, -0.05) is 61.5 Å². The van der Waals surface area contributed by atoms with Gasteiger partial charge in [0.15, 0.2) is 0 Å². The Kier molecular flexibility index (Phi) is 4.58. The average Bonchev–Trinajstić information content (AvgIpc) is 3.54. The zero-order valence-corrected chi connectivity index (χ0v) is 15.4. The summed E-state index contributed by atoms with van der Waals surface area (Å²) in [6.45, 7) is 3.35. The van der Waals surface area contributed by atoms with E-state index in [1.165, 1.54) is 18.4 Å². The topological polar surface area (TPSA) is 40.5 Å². The number of rotatable bonds is 4. The van der Waals surface area contributed by atoms with Crippen molar-refractivity contribution in [3.8, 4) is 11.1 Å². The highest BCUT2D eigenvalue weighted by molar-refractivity contribution is 5.79. The van der Waals surface area contributed by atoms with Crippen LogP contribution in [-0.4, -0.2) is 29.0 Å². The van der Waals surface area contributed by atoms with E-state index in [-0.39, 0.29) is 11.8 Å². The number of benzene rings is 2. The molecule has 1 amide bonds. The van der Waals surface area contributed by atoms with E-state index in [1.807, 2.05) is 35.2 Å². The second kappa shape index (κ2) is 6.88. The summed E-state index contributed by atoms with van der Waals surface area (Å²) in [5, 5.41) is 11.1. The van der Waals surface area contributed by atoms with Crippen LogP contribution in [0.1, 0.15) is 38.2 Å². The number of hydrogen-bond acceptors (Lipinski definition) is 2. The number of carbonyl (C=O) groups is 1. The van der Waals surface area contributed by atoms with E-state index < -0.39 is 5.60 Å². The van der Waals surface area contributed by atoms with E-state index in [0.717, 1.165) is 11.1 Å². The minimum absolute atomic E-state index is 0.145. The van der Waals surface area contributed by atoms with Gasteiger partial charge in [0, 0.05) is 19.0 Å². The molecule has 1 saturated heterocycles. The Labute approximate surface area is 155 Å². The second-order valence-electron chi connectivity index (χ2n) is 7.93. The van der Waals surface area contributed by atoms with E-state index in [2.05, 4.69) is 31.2 Å². The number of hydrogen-bond donors (Lipinski definition) is 1. The molecule has 0 radical (unpaired) electrons. The minimum Gasteiger partial charge on any atom is -0.385 e. The molecule has 2 aromatic rings. The molecule has 26 heavy (non-hydrogen) atoms. The number of likely N-dealkylation sites (tertiary alicyclic amines) is 1. The monoisotopic (exact) mass is 349 g/mol. The molecule has 0 bridgehead atoms. The Morgan fingerprint density at radius 2 is 1.58 bits per heavy atom. The van der Waals surface area contributed by atoms with E-state index in [4.69, 9.17) is 0 Å². The first-order chi connectivity index (χ1) is 12.6. The molecule has 2 aliphatic rings. The first kappa shape index (κ1) is 17.3. The van der Waals surface area contributed by atoms with Gasteiger partial charge in [-0.15, -0.1) is 0 Å². The van der Waals surface area contributed by atoms with Crippen molar-refractivity contribution in [3.63, 3.8) is 0 Å². The van der Waals surface area contributed by atoms with Crippen LogP contribution in [0.2, 0.25) is 0 Å². The molecule has 1 aliphatic carbocycles. The summed E-state index contributed by atoms with van der Waals surface area (Å²) in [4.78, 5) is 14.5. The Balaban J connectivity index is 1.42. The third-order valence-electron chi connectivity index (χ3n) is 6.15. The molecule has 0 spiro atoms. The Bertz CT molecular complexity index is 757. The third-order valence-corrected chi connectivity index (χ3v) is 6.15. The average molecular weight is 349 g/mol. The van der Waals surface area contributed by atoms with Crippen LogP contribution in [0.4, 0.5) is 0 Å². The quantitative estimate of drug-likeness (QED) is 0.898. The van der Waals surface area contributed by atoms with Gasteiger partial charge in [0.1, 0.15) is 0 Å². The van der Waals surface area contributed by atoms with Gasteiger partial charge >= 0.3 is 0 Å². The lowest BCUT2D eigenvalue weighted by molar-refractivity contribution is -0.140. The highest BCUT2D eigenvalue weighted by Gasteiger charge is 2.39. The SMILES string of the molecule is CC(C(=O)N1CCC(O)(c2ccc(-c3ccccc3)cc2)CC1)C1CC1. The Morgan fingerprint density at radius 1 is 1.00 bits per heavy atom. The molecule has 1 aliphatic heterocycles. The van der Waals surface area contributed by atoms with Crippen molar-refractivity contribution in [2.75, 3.05) is 13.1 Å². The summed E-state index contributed by atoms with van der Waals surface area (Å²) in [6, 6.07) is 18.5. The molecule has 2 fully saturated rings. The number of amides is 1. The molecule has 1 saturated carbocycles. The van der Waals surface area contributed by atoms with Crippen LogP contribution in [0.5, 0.6) is 0 Å². The summed E-state index contributed by atoms with van der Waals surface area (Å²) in [5.41, 5.74) is 2.47. The van der Waals surface area contributed by atoms with Crippen molar-refractivity contribution >= 4 is 5.91 Å². The maximum absolute atomic E-state index is 12.6. The number of piperidine rings is 1. The lowest BCUT2D eigenvalue weighted by atomic mass is 9.83. The summed E-state index contributed by atoms with van der Waals surface area (Å²) in [7, 11) is 0. The standard InChI is InChI=1S/C23H27NO2/c1-17(18-7-8-18)22(25)24-15-13-23(26,14-16-24)21-11-9-20(10-12-21)19-5-3-2-4-6-19/h2-6,9-12,17-18,26H,7-8,13-16H2,1H3. The van der Waals surface area contributed by atoms with Gasteiger partial charge < -0.3 is 10.0 Å². The summed E-state index contributed by atoms with van der Waals surface area (Å²) < 4.78 is 0. The molecule has 1 heterocycles. The van der Waals surface area contributed by atoms with Gasteiger partial charge in [0.05, 0.1) is 5.60 Å². The highest BCUT2D eigenvalue weighted by atomic mass is 16.3. The number of carbonyl (C=O) groups excluding carboxylic acids is 1. The normalized spacial score (nSPS) is 20.6. The molecule has 1 atom stereocenters. The predicted molar refractivity (Wildman–Crippen MR) is 103 cm³/mol. The molecule has 3 nitrogen and oxygen atoms in total. The van der Waals surface area contributed by atoms with E-state index >= 15 is 0 Å². The summed E-state index contributed by atoms with van der Waals surface area (Å²) in [5.74, 6) is 1.01. The zero-order chi connectivity index (χ0) is 18.1. The van der Waals surface area contributed by atoms with Crippen LogP contribution in [0.3, 0.4) is 0 Å². The molecule has 4 rings (SSSR count). The van der Waals surface area contributed by atoms with Crippen molar-refractivity contribution in [2.45, 2.75) is 38.2 Å². The highest BCUT2D eigenvalue weighted by Crippen LogP contribution is 2.39. The predicted octanol–water partition coefficient (Wildman–Crippen LogP) is 4.21. The molecule has 1 unspecified atom stereocenters. The van der Waals surface area contributed by atoms with E-state index in [9.17, 15) is 9.90 Å². The molecule has 1 N–H and O–H groups in total. The van der Waals surface area contributed by atoms with E-state index in [0.29, 0.717) is 31.8 Å². The number of nitrogens with zero attached hydrogens (tertiary/aromatic N) is 1. The molecule has 0 aromatic heterocycles. The zero-order valence-electron chi connectivity index (χ0n) is 15.4. The van der Waals surface area contributed by atoms with Crippen LogP contribution in [-0.2, 0) is 10.4 Å². The fourth-order valence-corrected chi connectivity index (χ4v) is 4.08. The van der Waals surface area contributed by atoms with Crippen LogP contribution in [0.15, 0.2) is 54.6 Å². The fraction of sp³-hybridized carbons (Fsp3) is 0.435. The van der Waals surface area contributed by atoms with Crippen molar-refractivity contribution < 1.29 is 9.90 Å². The second-order valence-corrected chi connectivity index (χ2v) is 7.93. The largest absolute Gasteiger partial charge is 0.385 e. The lowest BCUT2D eigenvalue weighted by Gasteiger charge is -2.39. The number of aliphatic hydroxyl groups is 1. The van der Waals surface area contributed by atoms with Crippen LogP contribution in [0, 0.1) is 11.8 Å². The molecule has 136 valence electrons. The maximum Gasteiger partial charge on any atom is 0.225 e. The third kappa shape index (κ3) is 3.41. The van der Waals surface area contributed by atoms with Gasteiger partial charge in [0.25, 0.3) is 0 Å². The van der Waals surface area contributed by atoms with E-state index in [1.54, 1.807) is 0 Å². The van der Waals surface area contributed by atoms with Crippen LogP contribution < -0.4 is 0 Å². The molecular formula is C23H27NO2. The van der Waals surface area contributed by atoms with Crippen molar-refractivity contribution in [3.05, 3.63) is 60.2 Å². The van der Waals surface area contributed by atoms with Crippen molar-refractivity contribution in [1.29, 1.82) is 0 Å². The maximum atomic E-state index is 12.6. The minimum atomic E-state index is -0.825. The van der Waals surface area contributed by atoms with Crippen LogP contribution in [0.25, 0.3) is 11.1 Å². The summed E-state index contributed by atoms with van der Waals surface area (Å²) >= 11 is 0. The first-order valence-corrected chi connectivity index (χ1v) is 9.74. The van der Waals surface area contributed by atoms with Crippen molar-refractivity contribution in [2.24, 2.45) is 11.8 Å². The molecule has 2 aromatic carbocycles. The van der Waals surface area contributed by atoms with Crippen LogP contribution >= 0.6 is 0 Å². The Hall–Kier alpha value is -2.13. The van der Waals surface area contributed by atoms with Gasteiger partial charge in [-0.2, -0.15) is 0 Å². The first-order valence-electron chi connectivity index (χ1n) is 9.74. The fourth-order valence-electron chi connectivity index (χ4n) is 4.08. The smallest absolute Gasteiger partial charge is 0.225 e. The lowest BCUT2D eigenvalue weighted by Crippen LogP contribution is -2.47. The van der Waals surface area contributed by atoms with Gasteiger partial charge in [0.2, 0.25) is 5.91 Å².